The van der Waals surface area contributed by atoms with Crippen molar-refractivity contribution < 1.29 is 9.53 Å². The standard InChI is InChI=1S/C21H24N2O2.ClH/c22-16-9-7-15(8-10-16)13-20(24)23-18-14-21(11-3-4-12-21)25-19-6-2-1-5-17(18)19;/h1-2,5-10,18H,3-4,11-14,22H2,(H,23,24);1H. The number of halogens is 1. The average Bonchev–Trinajstić information content (AvgIpc) is 3.04. The summed E-state index contributed by atoms with van der Waals surface area (Å²) in [6, 6.07) is 15.6. The minimum atomic E-state index is -0.104. The molecule has 1 amide bonds. The van der Waals surface area contributed by atoms with Crippen LogP contribution in [-0.2, 0) is 11.2 Å². The Morgan fingerprint density at radius 3 is 2.54 bits per heavy atom. The zero-order chi connectivity index (χ0) is 17.3. The topological polar surface area (TPSA) is 64.4 Å². The number of hydrogen-bond acceptors (Lipinski definition) is 3. The first kappa shape index (κ1) is 18.6. The minimum Gasteiger partial charge on any atom is -0.487 e. The van der Waals surface area contributed by atoms with Crippen LogP contribution in [0.15, 0.2) is 48.5 Å². The maximum atomic E-state index is 12.6. The fourth-order valence-electron chi connectivity index (χ4n) is 4.14. The van der Waals surface area contributed by atoms with E-state index in [9.17, 15) is 4.79 Å². The van der Waals surface area contributed by atoms with E-state index < -0.39 is 0 Å². The smallest absolute Gasteiger partial charge is 0.224 e. The van der Waals surface area contributed by atoms with Crippen LogP contribution in [0.2, 0.25) is 0 Å². The summed E-state index contributed by atoms with van der Waals surface area (Å²) in [5.74, 6) is 0.966. The van der Waals surface area contributed by atoms with Crippen molar-refractivity contribution in [2.75, 3.05) is 5.73 Å². The molecular weight excluding hydrogens is 348 g/mol. The SMILES string of the molecule is Cl.Nc1ccc(CC(=O)NC2CC3(CCCC3)Oc3ccccc32)cc1. The van der Waals surface area contributed by atoms with Crippen LogP contribution in [0.4, 0.5) is 5.69 Å². The number of rotatable bonds is 3. The van der Waals surface area contributed by atoms with E-state index in [0.717, 1.165) is 36.1 Å². The van der Waals surface area contributed by atoms with Gasteiger partial charge in [-0.05, 0) is 49.4 Å². The van der Waals surface area contributed by atoms with Gasteiger partial charge in [0, 0.05) is 17.7 Å². The van der Waals surface area contributed by atoms with Gasteiger partial charge in [-0.25, -0.2) is 0 Å². The lowest BCUT2D eigenvalue weighted by Crippen LogP contribution is -2.43. The number of ether oxygens (including phenoxy) is 1. The van der Waals surface area contributed by atoms with Crippen molar-refractivity contribution in [3.8, 4) is 5.75 Å². The number of carbonyl (C=O) groups is 1. The van der Waals surface area contributed by atoms with Gasteiger partial charge in [0.1, 0.15) is 11.4 Å². The monoisotopic (exact) mass is 372 g/mol. The van der Waals surface area contributed by atoms with E-state index in [4.69, 9.17) is 10.5 Å². The van der Waals surface area contributed by atoms with E-state index >= 15 is 0 Å². The molecule has 3 N–H and O–H groups in total. The third-order valence-electron chi connectivity index (χ3n) is 5.39. The van der Waals surface area contributed by atoms with E-state index in [2.05, 4.69) is 11.4 Å². The van der Waals surface area contributed by atoms with Gasteiger partial charge < -0.3 is 15.8 Å². The third kappa shape index (κ3) is 3.80. The molecule has 0 radical (unpaired) electrons. The highest BCUT2D eigenvalue weighted by Crippen LogP contribution is 2.46. The van der Waals surface area contributed by atoms with Crippen LogP contribution in [0.5, 0.6) is 5.75 Å². The zero-order valence-electron chi connectivity index (χ0n) is 14.7. The number of benzene rings is 2. The summed E-state index contributed by atoms with van der Waals surface area (Å²) < 4.78 is 6.36. The first-order valence-corrected chi connectivity index (χ1v) is 9.05. The first-order valence-electron chi connectivity index (χ1n) is 9.05. The Hall–Kier alpha value is -2.20. The molecule has 1 unspecified atom stereocenters. The molecule has 138 valence electrons. The first-order chi connectivity index (χ1) is 12.1. The normalized spacial score (nSPS) is 19.9. The molecule has 0 saturated heterocycles. The van der Waals surface area contributed by atoms with Crippen molar-refractivity contribution in [1.29, 1.82) is 0 Å². The van der Waals surface area contributed by atoms with Crippen molar-refractivity contribution in [3.05, 3.63) is 59.7 Å². The number of anilines is 1. The Morgan fingerprint density at radius 2 is 1.81 bits per heavy atom. The number of nitrogens with one attached hydrogen (secondary N) is 1. The lowest BCUT2D eigenvalue weighted by molar-refractivity contribution is -0.121. The molecule has 4 rings (SSSR count). The fraction of sp³-hybridized carbons (Fsp3) is 0.381. The van der Waals surface area contributed by atoms with E-state index in [-0.39, 0.29) is 30.0 Å². The highest BCUT2D eigenvalue weighted by Gasteiger charge is 2.43. The molecule has 4 nitrogen and oxygen atoms in total. The molecule has 26 heavy (non-hydrogen) atoms. The second-order valence-corrected chi connectivity index (χ2v) is 7.27. The maximum absolute atomic E-state index is 12.6. The fourth-order valence-corrected chi connectivity index (χ4v) is 4.14. The number of hydrogen-bond donors (Lipinski definition) is 2. The summed E-state index contributed by atoms with van der Waals surface area (Å²) >= 11 is 0. The van der Waals surface area contributed by atoms with Gasteiger partial charge >= 0.3 is 0 Å². The molecule has 1 heterocycles. The molecule has 1 spiro atoms. The van der Waals surface area contributed by atoms with Crippen LogP contribution in [-0.4, -0.2) is 11.5 Å². The molecule has 2 aromatic carbocycles. The number of amides is 1. The van der Waals surface area contributed by atoms with Crippen LogP contribution in [0.25, 0.3) is 0 Å². The number of carbonyl (C=O) groups excluding carboxylic acids is 1. The quantitative estimate of drug-likeness (QED) is 0.794. The molecule has 5 heteroatoms. The zero-order valence-corrected chi connectivity index (χ0v) is 15.6. The van der Waals surface area contributed by atoms with Crippen molar-refractivity contribution >= 4 is 24.0 Å². The summed E-state index contributed by atoms with van der Waals surface area (Å²) in [4.78, 5) is 12.6. The van der Waals surface area contributed by atoms with E-state index in [1.54, 1.807) is 0 Å². The van der Waals surface area contributed by atoms with Gasteiger partial charge in [0.15, 0.2) is 0 Å². The van der Waals surface area contributed by atoms with E-state index in [1.807, 2.05) is 42.5 Å². The van der Waals surface area contributed by atoms with Crippen LogP contribution in [0, 0.1) is 0 Å². The van der Waals surface area contributed by atoms with Crippen LogP contribution >= 0.6 is 12.4 Å². The summed E-state index contributed by atoms with van der Waals surface area (Å²) in [5, 5.41) is 3.24. The lowest BCUT2D eigenvalue weighted by Gasteiger charge is -2.40. The number of para-hydroxylation sites is 1. The average molecular weight is 373 g/mol. The Labute approximate surface area is 160 Å². The van der Waals surface area contributed by atoms with Crippen molar-refractivity contribution in [2.24, 2.45) is 0 Å². The van der Waals surface area contributed by atoms with Gasteiger partial charge in [-0.3, -0.25) is 4.79 Å². The summed E-state index contributed by atoms with van der Waals surface area (Å²) in [6.07, 6.45) is 5.78. The summed E-state index contributed by atoms with van der Waals surface area (Å²) in [5.41, 5.74) is 8.39. The molecule has 1 fully saturated rings. The molecule has 1 atom stereocenters. The largest absolute Gasteiger partial charge is 0.487 e. The van der Waals surface area contributed by atoms with E-state index in [0.29, 0.717) is 12.1 Å². The Bertz CT molecular complexity index is 770. The molecular formula is C21H25ClN2O2. The van der Waals surface area contributed by atoms with Gasteiger partial charge in [-0.15, -0.1) is 12.4 Å². The minimum absolute atomic E-state index is 0. The van der Waals surface area contributed by atoms with Gasteiger partial charge in [0.05, 0.1) is 12.5 Å². The highest BCUT2D eigenvalue weighted by atomic mass is 35.5. The van der Waals surface area contributed by atoms with Crippen molar-refractivity contribution in [1.82, 2.24) is 5.32 Å². The number of fused-ring (bicyclic) bond motifs is 1. The molecule has 2 aromatic rings. The molecule has 1 aliphatic heterocycles. The second-order valence-electron chi connectivity index (χ2n) is 7.27. The second kappa shape index (κ2) is 7.58. The van der Waals surface area contributed by atoms with Gasteiger partial charge in [0.25, 0.3) is 0 Å². The Kier molecular flexibility index (Phi) is 5.42. The van der Waals surface area contributed by atoms with Gasteiger partial charge in [-0.1, -0.05) is 30.3 Å². The molecule has 0 aromatic heterocycles. The maximum Gasteiger partial charge on any atom is 0.224 e. The lowest BCUT2D eigenvalue weighted by atomic mass is 9.86. The molecule has 2 aliphatic rings. The predicted molar refractivity (Wildman–Crippen MR) is 106 cm³/mol. The molecule has 0 bridgehead atoms. The van der Waals surface area contributed by atoms with Gasteiger partial charge in [0.2, 0.25) is 5.91 Å². The summed E-state index contributed by atoms with van der Waals surface area (Å²) in [7, 11) is 0. The number of nitrogens with two attached hydrogens (primary N) is 1. The third-order valence-corrected chi connectivity index (χ3v) is 5.39. The summed E-state index contributed by atoms with van der Waals surface area (Å²) in [6.45, 7) is 0. The van der Waals surface area contributed by atoms with Crippen molar-refractivity contribution in [3.63, 3.8) is 0 Å². The van der Waals surface area contributed by atoms with Crippen LogP contribution < -0.4 is 15.8 Å². The highest BCUT2D eigenvalue weighted by molar-refractivity contribution is 5.85. The van der Waals surface area contributed by atoms with Crippen molar-refractivity contribution in [2.45, 2.75) is 50.2 Å². The number of nitrogen functional groups attached to an aromatic ring is 1. The molecule has 1 saturated carbocycles. The van der Waals surface area contributed by atoms with E-state index in [1.165, 1.54) is 12.8 Å². The Morgan fingerprint density at radius 1 is 1.12 bits per heavy atom. The van der Waals surface area contributed by atoms with Gasteiger partial charge in [-0.2, -0.15) is 0 Å². The molecule has 1 aliphatic carbocycles. The predicted octanol–water partition coefficient (Wildman–Crippen LogP) is 4.19. The van der Waals surface area contributed by atoms with Crippen LogP contribution in [0.3, 0.4) is 0 Å². The van der Waals surface area contributed by atoms with Crippen LogP contribution in [0.1, 0.15) is 49.3 Å². The Balaban J connectivity index is 0.00000196.